The van der Waals surface area contributed by atoms with Gasteiger partial charge in [-0.1, -0.05) is 56.1 Å². The Hall–Kier alpha value is -0.240. The monoisotopic (exact) mass is 287 g/mol. The maximum atomic E-state index is 6.21. The van der Waals surface area contributed by atoms with E-state index in [1.165, 1.54) is 6.42 Å². The van der Waals surface area contributed by atoms with Crippen molar-refractivity contribution in [1.29, 1.82) is 0 Å². The van der Waals surface area contributed by atoms with Gasteiger partial charge in [-0.25, -0.2) is 0 Å². The van der Waals surface area contributed by atoms with E-state index >= 15 is 0 Å². The van der Waals surface area contributed by atoms with Crippen LogP contribution < -0.4 is 5.32 Å². The summed E-state index contributed by atoms with van der Waals surface area (Å²) in [4.78, 5) is 0. The first kappa shape index (κ1) is 15.8. The summed E-state index contributed by atoms with van der Waals surface area (Å²) in [5.41, 5.74) is 1.15. The Bertz CT molecular complexity index is 364. The van der Waals surface area contributed by atoms with E-state index in [0.29, 0.717) is 22.0 Å². The summed E-state index contributed by atoms with van der Waals surface area (Å²) < 4.78 is 0. The molecule has 0 amide bonds. The summed E-state index contributed by atoms with van der Waals surface area (Å²) in [6.45, 7) is 7.78. The van der Waals surface area contributed by atoms with Gasteiger partial charge in [0.05, 0.1) is 10.0 Å². The molecule has 3 heteroatoms. The summed E-state index contributed by atoms with van der Waals surface area (Å²) >= 11 is 12.2. The van der Waals surface area contributed by atoms with Crippen LogP contribution in [0, 0.1) is 5.92 Å². The second-order valence-corrected chi connectivity index (χ2v) is 5.84. The molecule has 102 valence electrons. The third kappa shape index (κ3) is 4.79. The molecule has 0 fully saturated rings. The third-order valence-corrected chi connectivity index (χ3v) is 4.08. The molecule has 0 saturated heterocycles. The highest BCUT2D eigenvalue weighted by molar-refractivity contribution is 6.42. The lowest BCUT2D eigenvalue weighted by Crippen LogP contribution is -2.34. The molecule has 0 spiro atoms. The van der Waals surface area contributed by atoms with Crippen molar-refractivity contribution >= 4 is 23.2 Å². The van der Waals surface area contributed by atoms with Crippen molar-refractivity contribution < 1.29 is 0 Å². The van der Waals surface area contributed by atoms with Crippen LogP contribution in [0.5, 0.6) is 0 Å². The molecule has 1 nitrogen and oxygen atoms in total. The first-order valence-corrected chi connectivity index (χ1v) is 7.48. The van der Waals surface area contributed by atoms with Crippen molar-refractivity contribution in [3.63, 3.8) is 0 Å². The predicted molar refractivity (Wildman–Crippen MR) is 81.7 cm³/mol. The minimum absolute atomic E-state index is 0.542. The molecule has 0 aliphatic heterocycles. The first-order valence-electron chi connectivity index (χ1n) is 6.72. The quantitative estimate of drug-likeness (QED) is 0.748. The highest BCUT2D eigenvalue weighted by atomic mass is 35.5. The average Bonchev–Trinajstić information content (AvgIpc) is 2.33. The molecule has 0 radical (unpaired) electrons. The number of nitrogens with one attached hydrogen (secondary N) is 1. The van der Waals surface area contributed by atoms with E-state index in [1.807, 2.05) is 12.1 Å². The van der Waals surface area contributed by atoms with Gasteiger partial charge in [0.25, 0.3) is 0 Å². The van der Waals surface area contributed by atoms with Gasteiger partial charge in [-0.2, -0.15) is 0 Å². The van der Waals surface area contributed by atoms with E-state index in [1.54, 1.807) is 0 Å². The first-order chi connectivity index (χ1) is 8.56. The van der Waals surface area contributed by atoms with Crippen molar-refractivity contribution in [2.45, 2.75) is 46.1 Å². The Morgan fingerprint density at radius 2 is 1.94 bits per heavy atom. The number of benzene rings is 1. The molecule has 18 heavy (non-hydrogen) atoms. The number of hydrogen-bond acceptors (Lipinski definition) is 1. The smallest absolute Gasteiger partial charge is 0.0624 e. The lowest BCUT2D eigenvalue weighted by atomic mass is 9.96. The normalized spacial score (nSPS) is 13.0. The predicted octanol–water partition coefficient (Wildman–Crippen LogP) is 4.95. The molecule has 1 N–H and O–H groups in total. The SMILES string of the molecule is CCCNC(CCc1cccc(Cl)c1Cl)C(C)C. The summed E-state index contributed by atoms with van der Waals surface area (Å²) in [5.74, 6) is 0.634. The summed E-state index contributed by atoms with van der Waals surface area (Å²) in [6, 6.07) is 6.40. The topological polar surface area (TPSA) is 12.0 Å². The van der Waals surface area contributed by atoms with Gasteiger partial charge in [0.2, 0.25) is 0 Å². The summed E-state index contributed by atoms with van der Waals surface area (Å²) in [5, 5.41) is 4.95. The Morgan fingerprint density at radius 3 is 2.56 bits per heavy atom. The van der Waals surface area contributed by atoms with E-state index in [-0.39, 0.29) is 0 Å². The molecule has 0 heterocycles. The number of hydrogen-bond donors (Lipinski definition) is 1. The maximum absolute atomic E-state index is 6.21. The molecular formula is C15H23Cl2N. The van der Waals surface area contributed by atoms with E-state index in [0.717, 1.165) is 24.9 Å². The minimum Gasteiger partial charge on any atom is -0.314 e. The zero-order valence-corrected chi connectivity index (χ0v) is 13.0. The zero-order chi connectivity index (χ0) is 13.5. The molecule has 0 aliphatic carbocycles. The number of aryl methyl sites for hydroxylation is 1. The van der Waals surface area contributed by atoms with Crippen LogP contribution in [-0.2, 0) is 6.42 Å². The van der Waals surface area contributed by atoms with Gasteiger partial charge in [0.1, 0.15) is 0 Å². The van der Waals surface area contributed by atoms with Crippen LogP contribution in [0.25, 0.3) is 0 Å². The van der Waals surface area contributed by atoms with Crippen molar-refractivity contribution in [2.75, 3.05) is 6.54 Å². The Morgan fingerprint density at radius 1 is 1.22 bits per heavy atom. The highest BCUT2D eigenvalue weighted by Gasteiger charge is 2.13. The lowest BCUT2D eigenvalue weighted by molar-refractivity contribution is 0.378. The molecule has 1 atom stereocenters. The summed E-state index contributed by atoms with van der Waals surface area (Å²) in [6.07, 6.45) is 3.23. The van der Waals surface area contributed by atoms with Crippen LogP contribution in [-0.4, -0.2) is 12.6 Å². The number of halogens is 2. The van der Waals surface area contributed by atoms with E-state index < -0.39 is 0 Å². The molecule has 0 saturated carbocycles. The lowest BCUT2D eigenvalue weighted by Gasteiger charge is -2.22. The van der Waals surface area contributed by atoms with Crippen LogP contribution >= 0.6 is 23.2 Å². The molecule has 1 aromatic carbocycles. The highest BCUT2D eigenvalue weighted by Crippen LogP contribution is 2.27. The largest absolute Gasteiger partial charge is 0.314 e. The van der Waals surface area contributed by atoms with Crippen molar-refractivity contribution in [3.05, 3.63) is 33.8 Å². The Balaban J connectivity index is 2.58. The van der Waals surface area contributed by atoms with Gasteiger partial charge in [0, 0.05) is 6.04 Å². The van der Waals surface area contributed by atoms with Gasteiger partial charge in [-0.15, -0.1) is 0 Å². The zero-order valence-electron chi connectivity index (χ0n) is 11.5. The maximum Gasteiger partial charge on any atom is 0.0624 e. The fraction of sp³-hybridized carbons (Fsp3) is 0.600. The molecule has 1 aromatic rings. The average molecular weight is 288 g/mol. The fourth-order valence-corrected chi connectivity index (χ4v) is 2.47. The molecular weight excluding hydrogens is 265 g/mol. The standard InChI is InChI=1S/C15H23Cl2N/c1-4-10-18-14(11(2)3)9-8-12-6-5-7-13(16)15(12)17/h5-7,11,14,18H,4,8-10H2,1-3H3. The van der Waals surface area contributed by atoms with E-state index in [2.05, 4.69) is 32.2 Å². The van der Waals surface area contributed by atoms with Crippen molar-refractivity contribution in [3.8, 4) is 0 Å². The van der Waals surface area contributed by atoms with Crippen LogP contribution in [0.3, 0.4) is 0 Å². The molecule has 1 unspecified atom stereocenters. The van der Waals surface area contributed by atoms with Crippen LogP contribution in [0.4, 0.5) is 0 Å². The second kappa shape index (κ2) is 8.04. The van der Waals surface area contributed by atoms with Crippen molar-refractivity contribution in [2.24, 2.45) is 5.92 Å². The fourth-order valence-electron chi connectivity index (χ4n) is 2.05. The van der Waals surface area contributed by atoms with Crippen molar-refractivity contribution in [1.82, 2.24) is 5.32 Å². The Kier molecular flexibility index (Phi) is 7.06. The molecule has 0 aliphatic rings. The number of rotatable bonds is 7. The van der Waals surface area contributed by atoms with Gasteiger partial charge in [-0.3, -0.25) is 0 Å². The van der Waals surface area contributed by atoms with Crippen LogP contribution in [0.2, 0.25) is 10.0 Å². The van der Waals surface area contributed by atoms with E-state index in [4.69, 9.17) is 23.2 Å². The minimum atomic E-state index is 0.542. The van der Waals surface area contributed by atoms with Gasteiger partial charge in [-0.05, 0) is 43.4 Å². The molecule has 1 rings (SSSR count). The van der Waals surface area contributed by atoms with E-state index in [9.17, 15) is 0 Å². The van der Waals surface area contributed by atoms with Gasteiger partial charge >= 0.3 is 0 Å². The molecule has 0 bridgehead atoms. The van der Waals surface area contributed by atoms with Gasteiger partial charge in [0.15, 0.2) is 0 Å². The third-order valence-electron chi connectivity index (χ3n) is 3.22. The van der Waals surface area contributed by atoms with Crippen LogP contribution in [0.15, 0.2) is 18.2 Å². The Labute approximate surface area is 121 Å². The second-order valence-electron chi connectivity index (χ2n) is 5.06. The summed E-state index contributed by atoms with van der Waals surface area (Å²) in [7, 11) is 0. The van der Waals surface area contributed by atoms with Gasteiger partial charge < -0.3 is 5.32 Å². The van der Waals surface area contributed by atoms with Crippen LogP contribution in [0.1, 0.15) is 39.2 Å². The molecule has 0 aromatic heterocycles.